The molecule has 0 aliphatic rings. The highest BCUT2D eigenvalue weighted by molar-refractivity contribution is 7.09. The zero-order chi connectivity index (χ0) is 13.8. The van der Waals surface area contributed by atoms with Gasteiger partial charge in [-0.2, -0.15) is 0 Å². The summed E-state index contributed by atoms with van der Waals surface area (Å²) < 4.78 is 0. The lowest BCUT2D eigenvalue weighted by atomic mass is 10.2. The van der Waals surface area contributed by atoms with Crippen LogP contribution in [0.1, 0.15) is 16.9 Å². The van der Waals surface area contributed by atoms with E-state index in [9.17, 15) is 4.79 Å². The summed E-state index contributed by atoms with van der Waals surface area (Å²) in [5, 5.41) is 4.98. The molecule has 2 heterocycles. The van der Waals surface area contributed by atoms with Crippen LogP contribution in [0.3, 0.4) is 0 Å². The molecule has 0 spiro atoms. The molecule has 0 aliphatic carbocycles. The van der Waals surface area contributed by atoms with Crippen molar-refractivity contribution in [3.05, 3.63) is 52.5 Å². The number of nitrogens with zero attached hydrogens (tertiary/aromatic N) is 1. The first kappa shape index (κ1) is 12.9. The maximum atomic E-state index is 11.8. The van der Waals surface area contributed by atoms with E-state index in [-0.39, 0.29) is 5.91 Å². The zero-order valence-electron chi connectivity index (χ0n) is 10.9. The van der Waals surface area contributed by atoms with Crippen molar-refractivity contribution in [2.75, 3.05) is 0 Å². The number of amides is 1. The minimum Gasteiger partial charge on any atom is -0.352 e. The van der Waals surface area contributed by atoms with Gasteiger partial charge < -0.3 is 10.3 Å². The largest absolute Gasteiger partial charge is 0.352 e. The number of aromatic nitrogens is 2. The second kappa shape index (κ2) is 5.88. The quantitative estimate of drug-likeness (QED) is 0.757. The number of hydrogen-bond acceptors (Lipinski definition) is 3. The summed E-state index contributed by atoms with van der Waals surface area (Å²) in [4.78, 5) is 20.3. The molecule has 0 aliphatic heterocycles. The SMILES string of the molecule is O=C(CCc1cccs1)NCc1ccc2nc[nH]c2c1. The monoisotopic (exact) mass is 285 g/mol. The summed E-state index contributed by atoms with van der Waals surface area (Å²) in [6, 6.07) is 10.0. The van der Waals surface area contributed by atoms with E-state index in [2.05, 4.69) is 21.4 Å². The lowest BCUT2D eigenvalue weighted by Crippen LogP contribution is -2.22. The Morgan fingerprint density at radius 1 is 1.35 bits per heavy atom. The number of nitrogens with one attached hydrogen (secondary N) is 2. The molecule has 102 valence electrons. The Labute approximate surface area is 120 Å². The molecular formula is C15H15N3OS. The molecule has 3 aromatic rings. The highest BCUT2D eigenvalue weighted by Gasteiger charge is 2.04. The molecule has 1 aromatic carbocycles. The number of hydrogen-bond donors (Lipinski definition) is 2. The minimum absolute atomic E-state index is 0.0862. The summed E-state index contributed by atoms with van der Waals surface area (Å²) in [6.07, 6.45) is 3.02. The zero-order valence-corrected chi connectivity index (χ0v) is 11.7. The van der Waals surface area contributed by atoms with E-state index in [1.54, 1.807) is 17.7 Å². The van der Waals surface area contributed by atoms with E-state index in [1.165, 1.54) is 4.88 Å². The Hall–Kier alpha value is -2.14. The van der Waals surface area contributed by atoms with E-state index >= 15 is 0 Å². The van der Waals surface area contributed by atoms with Crippen LogP contribution in [0.4, 0.5) is 0 Å². The van der Waals surface area contributed by atoms with Gasteiger partial charge >= 0.3 is 0 Å². The smallest absolute Gasteiger partial charge is 0.220 e. The lowest BCUT2D eigenvalue weighted by molar-refractivity contribution is -0.121. The van der Waals surface area contributed by atoms with Gasteiger partial charge in [0.05, 0.1) is 17.4 Å². The van der Waals surface area contributed by atoms with Crippen molar-refractivity contribution >= 4 is 28.3 Å². The molecule has 0 unspecified atom stereocenters. The normalized spacial score (nSPS) is 10.8. The van der Waals surface area contributed by atoms with E-state index in [4.69, 9.17) is 0 Å². The summed E-state index contributed by atoms with van der Waals surface area (Å²) in [5.41, 5.74) is 3.01. The molecule has 0 radical (unpaired) electrons. The average molecular weight is 285 g/mol. The van der Waals surface area contributed by atoms with Crippen molar-refractivity contribution in [3.63, 3.8) is 0 Å². The molecule has 2 N–H and O–H groups in total. The van der Waals surface area contributed by atoms with Crippen LogP contribution in [-0.4, -0.2) is 15.9 Å². The number of carbonyl (C=O) groups is 1. The first-order valence-electron chi connectivity index (χ1n) is 6.52. The third-order valence-corrected chi connectivity index (χ3v) is 4.09. The molecule has 0 saturated heterocycles. The molecule has 20 heavy (non-hydrogen) atoms. The van der Waals surface area contributed by atoms with Crippen LogP contribution in [0.2, 0.25) is 0 Å². The maximum Gasteiger partial charge on any atom is 0.220 e. The van der Waals surface area contributed by atoms with Crippen LogP contribution in [0.5, 0.6) is 0 Å². The van der Waals surface area contributed by atoms with Crippen molar-refractivity contribution in [2.24, 2.45) is 0 Å². The summed E-state index contributed by atoms with van der Waals surface area (Å²) in [7, 11) is 0. The number of thiophene rings is 1. The lowest BCUT2D eigenvalue weighted by Gasteiger charge is -2.05. The highest BCUT2D eigenvalue weighted by atomic mass is 32.1. The van der Waals surface area contributed by atoms with E-state index < -0.39 is 0 Å². The summed E-state index contributed by atoms with van der Waals surface area (Å²) in [6.45, 7) is 0.554. The average Bonchev–Trinajstić information content (AvgIpc) is 3.13. The maximum absolute atomic E-state index is 11.8. The second-order valence-corrected chi connectivity index (χ2v) is 5.64. The number of H-pyrrole nitrogens is 1. The van der Waals surface area contributed by atoms with Crippen molar-refractivity contribution in [1.82, 2.24) is 15.3 Å². The van der Waals surface area contributed by atoms with Gasteiger partial charge in [-0.1, -0.05) is 12.1 Å². The molecule has 2 aromatic heterocycles. The van der Waals surface area contributed by atoms with Gasteiger partial charge in [0.15, 0.2) is 0 Å². The van der Waals surface area contributed by atoms with Gasteiger partial charge in [-0.25, -0.2) is 4.98 Å². The van der Waals surface area contributed by atoms with Crippen LogP contribution in [0.25, 0.3) is 11.0 Å². The molecule has 1 amide bonds. The molecule has 0 fully saturated rings. The Balaban J connectivity index is 1.51. The number of benzene rings is 1. The number of aromatic amines is 1. The first-order chi connectivity index (χ1) is 9.81. The predicted molar refractivity (Wildman–Crippen MR) is 80.6 cm³/mol. The fraction of sp³-hybridized carbons (Fsp3) is 0.200. The van der Waals surface area contributed by atoms with Crippen LogP contribution < -0.4 is 5.32 Å². The fourth-order valence-corrected chi connectivity index (χ4v) is 2.78. The Morgan fingerprint density at radius 3 is 3.15 bits per heavy atom. The summed E-state index contributed by atoms with van der Waals surface area (Å²) in [5.74, 6) is 0.0862. The van der Waals surface area contributed by atoms with Gasteiger partial charge in [-0.05, 0) is 35.6 Å². The molecule has 5 heteroatoms. The van der Waals surface area contributed by atoms with E-state index in [0.29, 0.717) is 13.0 Å². The molecular weight excluding hydrogens is 270 g/mol. The number of carbonyl (C=O) groups excluding carboxylic acids is 1. The van der Waals surface area contributed by atoms with Crippen LogP contribution in [0.15, 0.2) is 42.0 Å². The van der Waals surface area contributed by atoms with Crippen LogP contribution in [0, 0.1) is 0 Å². The standard InChI is InChI=1S/C15H15N3OS/c19-15(6-4-12-2-1-7-20-12)16-9-11-3-5-13-14(8-11)18-10-17-13/h1-3,5,7-8,10H,4,6,9H2,(H,16,19)(H,17,18). The van der Waals surface area contributed by atoms with Crippen LogP contribution >= 0.6 is 11.3 Å². The molecule has 0 saturated carbocycles. The van der Waals surface area contributed by atoms with Gasteiger partial charge in [-0.15, -0.1) is 11.3 Å². The molecule has 0 bridgehead atoms. The highest BCUT2D eigenvalue weighted by Crippen LogP contribution is 2.12. The summed E-state index contributed by atoms with van der Waals surface area (Å²) >= 11 is 1.69. The second-order valence-electron chi connectivity index (χ2n) is 4.61. The van der Waals surface area contributed by atoms with Crippen molar-refractivity contribution in [3.8, 4) is 0 Å². The Kier molecular flexibility index (Phi) is 3.78. The van der Waals surface area contributed by atoms with Crippen molar-refractivity contribution in [1.29, 1.82) is 0 Å². The van der Waals surface area contributed by atoms with Crippen molar-refractivity contribution < 1.29 is 4.79 Å². The topological polar surface area (TPSA) is 57.8 Å². The third-order valence-electron chi connectivity index (χ3n) is 3.15. The Morgan fingerprint density at radius 2 is 2.30 bits per heavy atom. The van der Waals surface area contributed by atoms with Gasteiger partial charge in [0.25, 0.3) is 0 Å². The van der Waals surface area contributed by atoms with Gasteiger partial charge in [0, 0.05) is 17.8 Å². The molecule has 0 atom stereocenters. The van der Waals surface area contributed by atoms with Gasteiger partial charge in [0.1, 0.15) is 0 Å². The van der Waals surface area contributed by atoms with Gasteiger partial charge in [0.2, 0.25) is 5.91 Å². The molecule has 3 rings (SSSR count). The first-order valence-corrected chi connectivity index (χ1v) is 7.40. The number of imidazole rings is 1. The van der Waals surface area contributed by atoms with Crippen molar-refractivity contribution in [2.45, 2.75) is 19.4 Å². The number of rotatable bonds is 5. The van der Waals surface area contributed by atoms with Gasteiger partial charge in [-0.3, -0.25) is 4.79 Å². The number of aryl methyl sites for hydroxylation is 1. The fourth-order valence-electron chi connectivity index (χ4n) is 2.07. The minimum atomic E-state index is 0.0862. The Bertz CT molecular complexity index is 703. The predicted octanol–water partition coefficient (Wildman–Crippen LogP) is 2.87. The third kappa shape index (κ3) is 3.05. The number of fused-ring (bicyclic) bond motifs is 1. The molecule has 4 nitrogen and oxygen atoms in total. The van der Waals surface area contributed by atoms with E-state index in [1.807, 2.05) is 29.6 Å². The van der Waals surface area contributed by atoms with Crippen LogP contribution in [-0.2, 0) is 17.8 Å². The van der Waals surface area contributed by atoms with E-state index in [0.717, 1.165) is 23.0 Å².